The largest absolute Gasteiger partial charge is 0.465 e. The molecule has 0 unspecified atom stereocenters. The molecule has 0 atom stereocenters. The predicted octanol–water partition coefficient (Wildman–Crippen LogP) is 3.94. The fourth-order valence-electron chi connectivity index (χ4n) is 3.10. The van der Waals surface area contributed by atoms with E-state index in [4.69, 9.17) is 5.73 Å². The zero-order valence-corrected chi connectivity index (χ0v) is 14.1. The van der Waals surface area contributed by atoms with Crippen LogP contribution in [0.3, 0.4) is 0 Å². The summed E-state index contributed by atoms with van der Waals surface area (Å²) in [5.74, 6) is -4.23. The monoisotopic (exact) mass is 365 g/mol. The van der Waals surface area contributed by atoms with Crippen molar-refractivity contribution >= 4 is 11.8 Å². The summed E-state index contributed by atoms with van der Waals surface area (Å²) in [6.07, 6.45) is 1.70. The van der Waals surface area contributed by atoms with E-state index in [1.807, 2.05) is 0 Å². The van der Waals surface area contributed by atoms with Crippen molar-refractivity contribution < 1.29 is 22.7 Å². The molecule has 1 aliphatic carbocycles. The molecule has 0 bridgehead atoms. The van der Waals surface area contributed by atoms with Gasteiger partial charge in [0.25, 0.3) is 0 Å². The number of benzene rings is 1. The number of hydrogen-bond donors (Lipinski definition) is 1. The number of rotatable bonds is 3. The molecule has 2 aromatic rings. The highest BCUT2D eigenvalue weighted by Gasteiger charge is 2.36. The number of nitrogens with two attached hydrogens (primary N) is 1. The van der Waals surface area contributed by atoms with Crippen LogP contribution in [0, 0.1) is 5.82 Å². The van der Waals surface area contributed by atoms with Crippen molar-refractivity contribution in [2.24, 2.45) is 0 Å². The Bertz CT molecular complexity index is 832. The lowest BCUT2D eigenvalue weighted by Crippen LogP contribution is -2.24. The number of carbonyl (C=O) groups excluding carboxylic acids is 1. The van der Waals surface area contributed by atoms with Crippen molar-refractivity contribution in [2.45, 2.75) is 37.5 Å². The van der Waals surface area contributed by atoms with Crippen molar-refractivity contribution in [3.8, 4) is 11.3 Å². The minimum absolute atomic E-state index is 0.0973. The second kappa shape index (κ2) is 6.93. The van der Waals surface area contributed by atoms with Gasteiger partial charge in [0, 0.05) is 24.3 Å². The van der Waals surface area contributed by atoms with Crippen molar-refractivity contribution in [2.75, 3.05) is 12.8 Å². The molecular formula is C18H18F3N3O2. The second-order valence-corrected chi connectivity index (χ2v) is 6.35. The lowest BCUT2D eigenvalue weighted by Gasteiger charge is -2.27. The van der Waals surface area contributed by atoms with Gasteiger partial charge in [0.05, 0.1) is 24.6 Å². The Balaban J connectivity index is 1.91. The van der Waals surface area contributed by atoms with E-state index in [0.29, 0.717) is 24.1 Å². The van der Waals surface area contributed by atoms with Crippen molar-refractivity contribution in [1.29, 1.82) is 0 Å². The smallest absolute Gasteiger partial charge is 0.340 e. The Kier molecular flexibility index (Phi) is 4.84. The lowest BCUT2D eigenvalue weighted by molar-refractivity contribution is -0.0385. The summed E-state index contributed by atoms with van der Waals surface area (Å²) in [4.78, 5) is 20.0. The molecule has 1 aromatic carbocycles. The number of hydrogen-bond acceptors (Lipinski definition) is 5. The van der Waals surface area contributed by atoms with E-state index in [2.05, 4.69) is 14.7 Å². The standard InChI is InChI=1S/C18H18F3N3O2/c1-26-17(25)12-3-2-11(8-13(12)19)15-16(22)23-9-14(24-15)10-4-6-18(20,21)7-5-10/h2-3,8-10H,4-7H2,1H3,(H2,22,23). The number of alkyl halides is 2. The summed E-state index contributed by atoms with van der Waals surface area (Å²) in [5, 5.41) is 0. The first-order chi connectivity index (χ1) is 12.3. The van der Waals surface area contributed by atoms with E-state index < -0.39 is 17.7 Å². The van der Waals surface area contributed by atoms with Crippen molar-refractivity contribution in [1.82, 2.24) is 9.97 Å². The summed E-state index contributed by atoms with van der Waals surface area (Å²) in [5.41, 5.74) is 6.83. The molecule has 1 heterocycles. The highest BCUT2D eigenvalue weighted by molar-refractivity contribution is 5.90. The van der Waals surface area contributed by atoms with Gasteiger partial charge in [-0.2, -0.15) is 0 Å². The number of esters is 1. The first kappa shape index (κ1) is 18.2. The molecule has 0 radical (unpaired) electrons. The average molecular weight is 365 g/mol. The highest BCUT2D eigenvalue weighted by atomic mass is 19.3. The molecule has 0 spiro atoms. The normalized spacial score (nSPS) is 17.1. The maximum absolute atomic E-state index is 14.2. The van der Waals surface area contributed by atoms with Crippen LogP contribution in [0.4, 0.5) is 19.0 Å². The second-order valence-electron chi connectivity index (χ2n) is 6.35. The molecule has 5 nitrogen and oxygen atoms in total. The third-order valence-electron chi connectivity index (χ3n) is 4.60. The van der Waals surface area contributed by atoms with E-state index in [1.54, 1.807) is 0 Å². The summed E-state index contributed by atoms with van der Waals surface area (Å²) in [7, 11) is 1.16. The van der Waals surface area contributed by atoms with E-state index >= 15 is 0 Å². The molecular weight excluding hydrogens is 347 g/mol. The number of halogens is 3. The number of nitrogens with zero attached hydrogens (tertiary/aromatic N) is 2. The molecule has 0 amide bonds. The van der Waals surface area contributed by atoms with Crippen LogP contribution in [-0.2, 0) is 4.74 Å². The molecule has 1 saturated carbocycles. The number of methoxy groups -OCH3 is 1. The first-order valence-corrected chi connectivity index (χ1v) is 8.19. The van der Waals surface area contributed by atoms with E-state index in [9.17, 15) is 18.0 Å². The minimum atomic E-state index is -2.63. The van der Waals surface area contributed by atoms with Crippen LogP contribution in [0.1, 0.15) is 47.7 Å². The fraction of sp³-hybridized carbons (Fsp3) is 0.389. The molecule has 0 aliphatic heterocycles. The van der Waals surface area contributed by atoms with Gasteiger partial charge in [-0.1, -0.05) is 6.07 Å². The Labute approximate surface area is 148 Å². The molecule has 138 valence electrons. The van der Waals surface area contributed by atoms with Gasteiger partial charge < -0.3 is 10.5 Å². The van der Waals surface area contributed by atoms with Crippen LogP contribution in [-0.4, -0.2) is 29.0 Å². The summed E-state index contributed by atoms with van der Waals surface area (Å²) >= 11 is 0. The van der Waals surface area contributed by atoms with Gasteiger partial charge in [-0.15, -0.1) is 0 Å². The Morgan fingerprint density at radius 2 is 2.00 bits per heavy atom. The molecule has 1 aromatic heterocycles. The topological polar surface area (TPSA) is 78.1 Å². The molecule has 1 aliphatic rings. The van der Waals surface area contributed by atoms with Crippen LogP contribution in [0.2, 0.25) is 0 Å². The van der Waals surface area contributed by atoms with Crippen LogP contribution in [0.5, 0.6) is 0 Å². The minimum Gasteiger partial charge on any atom is -0.465 e. The maximum atomic E-state index is 14.2. The van der Waals surface area contributed by atoms with Crippen LogP contribution in [0.15, 0.2) is 24.4 Å². The summed E-state index contributed by atoms with van der Waals surface area (Å²) in [6, 6.07) is 3.91. The van der Waals surface area contributed by atoms with Crippen LogP contribution < -0.4 is 5.73 Å². The molecule has 2 N–H and O–H groups in total. The van der Waals surface area contributed by atoms with Crippen LogP contribution in [0.25, 0.3) is 11.3 Å². The SMILES string of the molecule is COC(=O)c1ccc(-c2nc(C3CCC(F)(F)CC3)cnc2N)cc1F. The Hall–Kier alpha value is -2.64. The van der Waals surface area contributed by atoms with Gasteiger partial charge >= 0.3 is 5.97 Å². The number of aromatic nitrogens is 2. The predicted molar refractivity (Wildman–Crippen MR) is 89.3 cm³/mol. The third-order valence-corrected chi connectivity index (χ3v) is 4.60. The molecule has 26 heavy (non-hydrogen) atoms. The number of nitrogen functional groups attached to an aromatic ring is 1. The van der Waals surface area contributed by atoms with E-state index in [1.165, 1.54) is 18.3 Å². The van der Waals surface area contributed by atoms with Crippen LogP contribution >= 0.6 is 0 Å². The highest BCUT2D eigenvalue weighted by Crippen LogP contribution is 2.40. The Morgan fingerprint density at radius 1 is 1.31 bits per heavy atom. The van der Waals surface area contributed by atoms with E-state index in [0.717, 1.165) is 13.2 Å². The lowest BCUT2D eigenvalue weighted by atomic mass is 9.85. The molecule has 0 saturated heterocycles. The molecule has 8 heteroatoms. The number of anilines is 1. The quantitative estimate of drug-likeness (QED) is 0.834. The Morgan fingerprint density at radius 3 is 2.62 bits per heavy atom. The third kappa shape index (κ3) is 3.63. The maximum Gasteiger partial charge on any atom is 0.340 e. The van der Waals surface area contributed by atoms with Gasteiger partial charge in [0.1, 0.15) is 17.3 Å². The fourth-order valence-corrected chi connectivity index (χ4v) is 3.10. The van der Waals surface area contributed by atoms with Gasteiger partial charge in [-0.05, 0) is 25.0 Å². The molecule has 3 rings (SSSR count). The van der Waals surface area contributed by atoms with Crippen molar-refractivity contribution in [3.05, 3.63) is 41.5 Å². The average Bonchev–Trinajstić information content (AvgIpc) is 2.61. The van der Waals surface area contributed by atoms with Gasteiger partial charge in [0.2, 0.25) is 5.92 Å². The zero-order valence-electron chi connectivity index (χ0n) is 14.1. The number of carbonyl (C=O) groups is 1. The molecule has 1 fully saturated rings. The van der Waals surface area contributed by atoms with Crippen molar-refractivity contribution in [3.63, 3.8) is 0 Å². The number of ether oxygens (including phenoxy) is 1. The van der Waals surface area contributed by atoms with Gasteiger partial charge in [-0.25, -0.2) is 27.9 Å². The zero-order chi connectivity index (χ0) is 18.9. The van der Waals surface area contributed by atoms with E-state index in [-0.39, 0.29) is 35.8 Å². The van der Waals surface area contributed by atoms with Gasteiger partial charge in [-0.3, -0.25) is 0 Å². The van der Waals surface area contributed by atoms with Gasteiger partial charge in [0.15, 0.2) is 0 Å². The summed E-state index contributed by atoms with van der Waals surface area (Å²) in [6.45, 7) is 0. The summed E-state index contributed by atoms with van der Waals surface area (Å²) < 4.78 is 45.4. The first-order valence-electron chi connectivity index (χ1n) is 8.19.